The van der Waals surface area contributed by atoms with Crippen molar-refractivity contribution in [3.05, 3.63) is 24.0 Å². The molecule has 146 valence electrons. The number of nitrogens with zero attached hydrogens (tertiary/aromatic N) is 2. The first-order valence-electron chi connectivity index (χ1n) is 9.32. The van der Waals surface area contributed by atoms with Crippen LogP contribution < -0.4 is 24.8 Å². The Balaban J connectivity index is 1.82. The summed E-state index contributed by atoms with van der Waals surface area (Å²) in [6.45, 7) is 1.90. The van der Waals surface area contributed by atoms with Gasteiger partial charge >= 0.3 is 0 Å². The molecule has 3 rings (SSSR count). The number of methoxy groups -OCH3 is 3. The predicted molar refractivity (Wildman–Crippen MR) is 107 cm³/mol. The van der Waals surface area contributed by atoms with Gasteiger partial charge in [-0.25, -0.2) is 9.97 Å². The number of nitrogens with one attached hydrogen (secondary N) is 2. The van der Waals surface area contributed by atoms with Crippen molar-refractivity contribution in [3.63, 3.8) is 0 Å². The first kappa shape index (κ1) is 19.1. The highest BCUT2D eigenvalue weighted by molar-refractivity contribution is 5.67. The summed E-state index contributed by atoms with van der Waals surface area (Å²) in [6.07, 6.45) is 6.27. The Hall–Kier alpha value is -2.70. The van der Waals surface area contributed by atoms with E-state index in [2.05, 4.69) is 20.6 Å². The van der Waals surface area contributed by atoms with Crippen LogP contribution in [0.25, 0.3) is 0 Å². The second-order valence-electron chi connectivity index (χ2n) is 6.70. The maximum absolute atomic E-state index is 5.41. The Bertz CT molecular complexity index is 751. The van der Waals surface area contributed by atoms with Crippen LogP contribution in [0.15, 0.2) is 18.2 Å². The Morgan fingerprint density at radius 3 is 2.07 bits per heavy atom. The number of hydrogen-bond donors (Lipinski definition) is 2. The number of anilines is 3. The van der Waals surface area contributed by atoms with Crippen LogP contribution in [-0.2, 0) is 0 Å². The lowest BCUT2D eigenvalue weighted by Crippen LogP contribution is -2.23. The molecule has 0 amide bonds. The molecule has 0 saturated heterocycles. The van der Waals surface area contributed by atoms with Crippen LogP contribution >= 0.6 is 0 Å². The molecular weight excluding hydrogens is 344 g/mol. The quantitative estimate of drug-likeness (QED) is 0.750. The molecule has 1 aromatic heterocycles. The van der Waals surface area contributed by atoms with Crippen LogP contribution in [0.2, 0.25) is 0 Å². The van der Waals surface area contributed by atoms with Crippen molar-refractivity contribution in [2.24, 2.45) is 0 Å². The van der Waals surface area contributed by atoms with Crippen molar-refractivity contribution >= 4 is 17.3 Å². The van der Waals surface area contributed by atoms with Gasteiger partial charge in [0.05, 0.1) is 21.3 Å². The molecule has 0 aliphatic heterocycles. The van der Waals surface area contributed by atoms with Gasteiger partial charge in [0.15, 0.2) is 11.5 Å². The summed E-state index contributed by atoms with van der Waals surface area (Å²) in [5.41, 5.74) is 0.797. The molecule has 27 heavy (non-hydrogen) atoms. The van der Waals surface area contributed by atoms with Crippen molar-refractivity contribution in [3.8, 4) is 17.2 Å². The van der Waals surface area contributed by atoms with Crippen molar-refractivity contribution in [2.45, 2.75) is 45.1 Å². The molecule has 1 aromatic carbocycles. The second kappa shape index (κ2) is 8.79. The van der Waals surface area contributed by atoms with E-state index in [-0.39, 0.29) is 0 Å². The van der Waals surface area contributed by atoms with Gasteiger partial charge in [0.2, 0.25) is 5.75 Å². The average molecular weight is 372 g/mol. The van der Waals surface area contributed by atoms with Gasteiger partial charge in [-0.3, -0.25) is 0 Å². The first-order valence-corrected chi connectivity index (χ1v) is 9.32. The Morgan fingerprint density at radius 1 is 0.852 bits per heavy atom. The third-order valence-electron chi connectivity index (χ3n) is 4.73. The topological polar surface area (TPSA) is 77.5 Å². The number of aryl methyl sites for hydroxylation is 1. The highest BCUT2D eigenvalue weighted by Gasteiger charge is 2.16. The van der Waals surface area contributed by atoms with E-state index in [4.69, 9.17) is 14.2 Å². The summed E-state index contributed by atoms with van der Waals surface area (Å²) in [4.78, 5) is 9.03. The maximum atomic E-state index is 5.41. The highest BCUT2D eigenvalue weighted by Crippen LogP contribution is 2.40. The van der Waals surface area contributed by atoms with Crippen LogP contribution in [-0.4, -0.2) is 37.3 Å². The van der Waals surface area contributed by atoms with Gasteiger partial charge in [-0.2, -0.15) is 0 Å². The van der Waals surface area contributed by atoms with E-state index < -0.39 is 0 Å². The first-order chi connectivity index (χ1) is 13.1. The zero-order valence-electron chi connectivity index (χ0n) is 16.5. The highest BCUT2D eigenvalue weighted by atomic mass is 16.5. The zero-order chi connectivity index (χ0) is 19.2. The zero-order valence-corrected chi connectivity index (χ0v) is 16.5. The number of rotatable bonds is 7. The molecule has 0 radical (unpaired) electrons. The van der Waals surface area contributed by atoms with Crippen LogP contribution in [0.1, 0.15) is 37.9 Å². The summed E-state index contributed by atoms with van der Waals surface area (Å²) in [5.74, 6) is 4.02. The Morgan fingerprint density at radius 2 is 1.48 bits per heavy atom. The fourth-order valence-electron chi connectivity index (χ4n) is 3.46. The molecule has 1 aliphatic rings. The van der Waals surface area contributed by atoms with Gasteiger partial charge < -0.3 is 24.8 Å². The standard InChI is InChI=1S/C20H28N4O3/c1-13-21-18(23-14-8-6-5-7-9-14)12-19(22-13)24-15-10-16(25-2)20(27-4)17(11-15)26-3/h10-12,14H,5-9H2,1-4H3,(H2,21,22,23,24). The van der Waals surface area contributed by atoms with E-state index in [1.54, 1.807) is 21.3 Å². The molecular formula is C20H28N4O3. The van der Waals surface area contributed by atoms with Crippen LogP contribution in [0, 0.1) is 6.92 Å². The van der Waals surface area contributed by atoms with E-state index in [0.29, 0.717) is 29.1 Å². The van der Waals surface area contributed by atoms with Gasteiger partial charge in [-0.1, -0.05) is 19.3 Å². The molecule has 2 aromatic rings. The monoisotopic (exact) mass is 372 g/mol. The average Bonchev–Trinajstić information content (AvgIpc) is 2.67. The van der Waals surface area contributed by atoms with E-state index in [1.807, 2.05) is 25.1 Å². The maximum Gasteiger partial charge on any atom is 0.203 e. The molecule has 7 nitrogen and oxygen atoms in total. The number of benzene rings is 1. The van der Waals surface area contributed by atoms with Gasteiger partial charge in [0, 0.05) is 29.9 Å². The van der Waals surface area contributed by atoms with Gasteiger partial charge in [-0.05, 0) is 19.8 Å². The lowest BCUT2D eigenvalue weighted by molar-refractivity contribution is 0.324. The second-order valence-corrected chi connectivity index (χ2v) is 6.70. The van der Waals surface area contributed by atoms with Gasteiger partial charge in [-0.15, -0.1) is 0 Å². The lowest BCUT2D eigenvalue weighted by Gasteiger charge is -2.23. The number of aromatic nitrogens is 2. The minimum absolute atomic E-state index is 0.488. The molecule has 0 atom stereocenters. The van der Waals surface area contributed by atoms with E-state index in [0.717, 1.165) is 17.3 Å². The summed E-state index contributed by atoms with van der Waals surface area (Å²) >= 11 is 0. The summed E-state index contributed by atoms with van der Waals surface area (Å²) in [7, 11) is 4.79. The fourth-order valence-corrected chi connectivity index (χ4v) is 3.46. The van der Waals surface area contributed by atoms with Crippen molar-refractivity contribution in [1.29, 1.82) is 0 Å². The van der Waals surface area contributed by atoms with Crippen LogP contribution in [0.5, 0.6) is 17.2 Å². The molecule has 7 heteroatoms. The van der Waals surface area contributed by atoms with E-state index >= 15 is 0 Å². The third-order valence-corrected chi connectivity index (χ3v) is 4.73. The number of hydrogen-bond acceptors (Lipinski definition) is 7. The molecule has 1 fully saturated rings. The van der Waals surface area contributed by atoms with Crippen molar-refractivity contribution in [2.75, 3.05) is 32.0 Å². The summed E-state index contributed by atoms with van der Waals surface area (Å²) < 4.78 is 16.2. The van der Waals surface area contributed by atoms with Crippen molar-refractivity contribution in [1.82, 2.24) is 9.97 Å². The molecule has 0 spiro atoms. The molecule has 1 saturated carbocycles. The molecule has 0 bridgehead atoms. The molecule has 1 heterocycles. The van der Waals surface area contributed by atoms with Crippen molar-refractivity contribution < 1.29 is 14.2 Å². The minimum Gasteiger partial charge on any atom is -0.493 e. The molecule has 1 aliphatic carbocycles. The van der Waals surface area contributed by atoms with E-state index in [9.17, 15) is 0 Å². The predicted octanol–water partition coefficient (Wildman–Crippen LogP) is 4.30. The fraction of sp³-hybridized carbons (Fsp3) is 0.500. The van der Waals surface area contributed by atoms with E-state index in [1.165, 1.54) is 32.1 Å². The lowest BCUT2D eigenvalue weighted by atomic mass is 9.95. The van der Waals surface area contributed by atoms with Gasteiger partial charge in [0.25, 0.3) is 0 Å². The van der Waals surface area contributed by atoms with Crippen LogP contribution in [0.3, 0.4) is 0 Å². The van der Waals surface area contributed by atoms with Gasteiger partial charge in [0.1, 0.15) is 17.5 Å². The minimum atomic E-state index is 0.488. The number of ether oxygens (including phenoxy) is 3. The third kappa shape index (κ3) is 4.72. The molecule has 2 N–H and O–H groups in total. The molecule has 0 unspecified atom stereocenters. The Labute approximate surface area is 160 Å². The Kier molecular flexibility index (Phi) is 6.21. The normalized spacial score (nSPS) is 14.5. The SMILES string of the molecule is COc1cc(Nc2cc(NC3CCCCC3)nc(C)n2)cc(OC)c1OC. The smallest absolute Gasteiger partial charge is 0.203 e. The van der Waals surface area contributed by atoms with Crippen LogP contribution in [0.4, 0.5) is 17.3 Å². The largest absolute Gasteiger partial charge is 0.493 e. The summed E-state index contributed by atoms with van der Waals surface area (Å²) in [5, 5.41) is 6.87. The summed E-state index contributed by atoms with van der Waals surface area (Å²) in [6, 6.07) is 6.13.